The van der Waals surface area contributed by atoms with Crippen LogP contribution < -0.4 is 9.47 Å². The number of carboxylic acid groups (broad SMARTS) is 2. The van der Waals surface area contributed by atoms with Gasteiger partial charge in [0.15, 0.2) is 0 Å². The van der Waals surface area contributed by atoms with Gasteiger partial charge in [0, 0.05) is 0 Å². The number of hydrogen-bond acceptors (Lipinski definition) is 14. The maximum Gasteiger partial charge on any atom is 0.307 e. The summed E-state index contributed by atoms with van der Waals surface area (Å²) < 4.78 is 23.2. The van der Waals surface area contributed by atoms with Crippen LogP contribution >= 0.6 is 0 Å². The van der Waals surface area contributed by atoms with E-state index in [4.69, 9.17) is 18.9 Å². The van der Waals surface area contributed by atoms with Gasteiger partial charge in [0.1, 0.15) is 60.3 Å². The molecule has 2 aliphatic heterocycles. The van der Waals surface area contributed by atoms with Gasteiger partial charge in [-0.15, -0.1) is 0 Å². The first-order chi connectivity index (χ1) is 28.7. The van der Waals surface area contributed by atoms with Crippen LogP contribution in [0.2, 0.25) is 0 Å². The Morgan fingerprint density at radius 1 is 0.483 bits per heavy atom. The molecule has 2 aliphatic rings. The average Bonchev–Trinajstić information content (AvgIpc) is 3.22. The van der Waals surface area contributed by atoms with Crippen LogP contribution in [0.4, 0.5) is 0 Å². The molecule has 2 heterocycles. The maximum absolute atomic E-state index is 11.5. The van der Waals surface area contributed by atoms with E-state index in [0.717, 1.165) is 11.1 Å². The molecule has 16 heteroatoms. The normalized spacial score (nSPS) is 26.7. The molecule has 10 N–H and O–H groups in total. The minimum absolute atomic E-state index is 0.188. The van der Waals surface area contributed by atoms with Crippen molar-refractivity contribution in [2.45, 2.75) is 99.9 Å². The fourth-order valence-electron chi connectivity index (χ4n) is 7.41. The number of aliphatic hydroxyl groups is 8. The standard InChI is InChI=1S/C44H50O16/c45-21-33-37(51)39(53)41(55)43(59-33)57-31-15-23(13-29(19-31)27-9-3-7-25(11-27)17-35(47)48)5-1-2-6-24-14-30(28-10-4-8-26(12-28)18-36(49)50)20-32(16-24)58-44-42(56)40(54)38(52)34(22-46)60-44/h3-4,7-16,19-20,33-34,37-46,51-56H,1-2,5-6,17-18,21-22H2,(H,47,48)(H,49,50)/t33-,34-,37-,38-,39+,40+,41+,42+,43+,44+/m0/s1. The predicted octanol–water partition coefficient (Wildman–Crippen LogP) is 1.20. The lowest BCUT2D eigenvalue weighted by Crippen LogP contribution is -2.60. The molecule has 0 spiro atoms. The first kappa shape index (κ1) is 44.6. The third kappa shape index (κ3) is 11.0. The molecule has 0 amide bonds. The lowest BCUT2D eigenvalue weighted by molar-refractivity contribution is -0.277. The van der Waals surface area contributed by atoms with Gasteiger partial charge in [0.05, 0.1) is 26.1 Å². The second-order valence-electron chi connectivity index (χ2n) is 15.1. The highest BCUT2D eigenvalue weighted by atomic mass is 16.7. The summed E-state index contributed by atoms with van der Waals surface area (Å²) in [5, 5.41) is 101. The monoisotopic (exact) mass is 834 g/mol. The number of unbranched alkanes of at least 4 members (excludes halogenated alkanes) is 1. The highest BCUT2D eigenvalue weighted by molar-refractivity contribution is 5.74. The molecule has 16 nitrogen and oxygen atoms in total. The largest absolute Gasteiger partial charge is 0.481 e. The van der Waals surface area contributed by atoms with Gasteiger partial charge in [-0.2, -0.15) is 0 Å². The van der Waals surface area contributed by atoms with E-state index in [1.165, 1.54) is 0 Å². The number of rotatable bonds is 17. The zero-order valence-electron chi connectivity index (χ0n) is 32.4. The van der Waals surface area contributed by atoms with E-state index in [0.29, 0.717) is 59.1 Å². The van der Waals surface area contributed by atoms with Crippen LogP contribution in [0.1, 0.15) is 35.1 Å². The molecule has 4 aromatic carbocycles. The van der Waals surface area contributed by atoms with Crippen molar-refractivity contribution < 1.29 is 79.6 Å². The third-order valence-electron chi connectivity index (χ3n) is 10.5. The Morgan fingerprint density at radius 2 is 0.867 bits per heavy atom. The number of hydrogen-bond donors (Lipinski definition) is 10. The Bertz CT molecular complexity index is 1940. The first-order valence-electron chi connectivity index (χ1n) is 19.6. The maximum atomic E-state index is 11.5. The van der Waals surface area contributed by atoms with E-state index in [9.17, 15) is 60.7 Å². The second kappa shape index (κ2) is 20.1. The van der Waals surface area contributed by atoms with Gasteiger partial charge in [-0.25, -0.2) is 0 Å². The van der Waals surface area contributed by atoms with E-state index in [1.807, 2.05) is 24.3 Å². The summed E-state index contributed by atoms with van der Waals surface area (Å²) in [5.74, 6) is -1.47. The van der Waals surface area contributed by atoms with Crippen molar-refractivity contribution in [2.75, 3.05) is 13.2 Å². The summed E-state index contributed by atoms with van der Waals surface area (Å²) in [4.78, 5) is 22.9. The van der Waals surface area contributed by atoms with E-state index in [-0.39, 0.29) is 24.3 Å². The minimum atomic E-state index is -1.65. The fourth-order valence-corrected chi connectivity index (χ4v) is 7.41. The molecule has 322 valence electrons. The summed E-state index contributed by atoms with van der Waals surface area (Å²) >= 11 is 0. The molecule has 60 heavy (non-hydrogen) atoms. The molecule has 0 bridgehead atoms. The van der Waals surface area contributed by atoms with Gasteiger partial charge >= 0.3 is 11.9 Å². The first-order valence-corrected chi connectivity index (χ1v) is 19.6. The van der Waals surface area contributed by atoms with Crippen molar-refractivity contribution in [1.29, 1.82) is 0 Å². The quantitative estimate of drug-likeness (QED) is 0.0670. The molecule has 0 aromatic heterocycles. The third-order valence-corrected chi connectivity index (χ3v) is 10.5. The lowest BCUT2D eigenvalue weighted by atomic mass is 9.96. The number of carboxylic acids is 2. The smallest absolute Gasteiger partial charge is 0.307 e. The van der Waals surface area contributed by atoms with Crippen molar-refractivity contribution in [2.24, 2.45) is 0 Å². The van der Waals surface area contributed by atoms with Crippen LogP contribution in [0.15, 0.2) is 84.9 Å². The number of carbonyl (C=O) groups is 2. The van der Waals surface area contributed by atoms with Crippen molar-refractivity contribution in [3.63, 3.8) is 0 Å². The molecule has 0 radical (unpaired) electrons. The molecule has 2 saturated heterocycles. The Morgan fingerprint density at radius 3 is 1.23 bits per heavy atom. The van der Waals surface area contributed by atoms with Gasteiger partial charge in [-0.1, -0.05) is 60.7 Å². The average molecular weight is 835 g/mol. The van der Waals surface area contributed by atoms with Crippen LogP contribution in [0.3, 0.4) is 0 Å². The Hall–Kier alpha value is -4.98. The molecule has 0 unspecified atom stereocenters. The van der Waals surface area contributed by atoms with Crippen LogP contribution in [0.5, 0.6) is 11.5 Å². The summed E-state index contributed by atoms with van der Waals surface area (Å²) in [5.41, 5.74) is 5.52. The van der Waals surface area contributed by atoms with Crippen LogP contribution in [-0.4, -0.2) is 138 Å². The number of benzene rings is 4. The van der Waals surface area contributed by atoms with E-state index in [2.05, 4.69) is 0 Å². The van der Waals surface area contributed by atoms with Gasteiger partial charge in [-0.3, -0.25) is 9.59 Å². The molecular weight excluding hydrogens is 784 g/mol. The van der Waals surface area contributed by atoms with Crippen LogP contribution in [0, 0.1) is 0 Å². The highest BCUT2D eigenvalue weighted by Crippen LogP contribution is 2.33. The van der Waals surface area contributed by atoms with E-state index >= 15 is 0 Å². The van der Waals surface area contributed by atoms with Crippen molar-refractivity contribution in [3.8, 4) is 33.8 Å². The fraction of sp³-hybridized carbons (Fsp3) is 0.409. The Kier molecular flexibility index (Phi) is 14.9. The summed E-state index contributed by atoms with van der Waals surface area (Å²) in [6, 6.07) is 24.7. The second-order valence-corrected chi connectivity index (χ2v) is 15.1. The highest BCUT2D eigenvalue weighted by Gasteiger charge is 2.46. The summed E-state index contributed by atoms with van der Waals surface area (Å²) in [6.45, 7) is -1.26. The molecule has 6 rings (SSSR count). The van der Waals surface area contributed by atoms with Crippen LogP contribution in [0.25, 0.3) is 22.3 Å². The van der Waals surface area contributed by atoms with Gasteiger partial charge in [-0.05, 0) is 94.5 Å². The van der Waals surface area contributed by atoms with Crippen molar-refractivity contribution in [1.82, 2.24) is 0 Å². The van der Waals surface area contributed by atoms with Gasteiger partial charge in [0.2, 0.25) is 12.6 Å². The lowest BCUT2D eigenvalue weighted by Gasteiger charge is -2.39. The number of aryl methyl sites for hydroxylation is 2. The Labute approximate surface area is 345 Å². The molecular formula is C44H50O16. The zero-order valence-corrected chi connectivity index (χ0v) is 32.4. The molecule has 10 atom stereocenters. The molecule has 2 fully saturated rings. The summed E-state index contributed by atoms with van der Waals surface area (Å²) in [7, 11) is 0. The topological polar surface area (TPSA) is 273 Å². The van der Waals surface area contributed by atoms with Crippen LogP contribution in [-0.2, 0) is 44.7 Å². The van der Waals surface area contributed by atoms with E-state index < -0.39 is 86.6 Å². The number of ether oxygens (including phenoxy) is 4. The van der Waals surface area contributed by atoms with Crippen molar-refractivity contribution in [3.05, 3.63) is 107 Å². The van der Waals surface area contributed by atoms with Gasteiger partial charge in [0.25, 0.3) is 0 Å². The molecule has 4 aromatic rings. The number of aliphatic hydroxyl groups excluding tert-OH is 8. The van der Waals surface area contributed by atoms with Gasteiger partial charge < -0.3 is 70.0 Å². The predicted molar refractivity (Wildman–Crippen MR) is 212 cm³/mol. The SMILES string of the molecule is O=C(O)Cc1cccc(-c2cc(CCCCc3cc(O[C@@H]4O[C@@H](CO)[C@H](O)[C@@H](O)[C@H]4O)cc(-c4cccc(CC(=O)O)c4)c3)cc(O[C@@H]3O[C@@H](CO)[C@H](O)[C@@H](O)[C@H]3O)c2)c1. The molecule has 0 saturated carbocycles. The molecule has 0 aliphatic carbocycles. The van der Waals surface area contributed by atoms with Crippen molar-refractivity contribution >= 4 is 11.9 Å². The Balaban J connectivity index is 1.24. The zero-order chi connectivity index (χ0) is 43.1. The summed E-state index contributed by atoms with van der Waals surface area (Å²) in [6.07, 6.45) is -13.0. The number of aliphatic carboxylic acids is 2. The minimum Gasteiger partial charge on any atom is -0.481 e. The van der Waals surface area contributed by atoms with E-state index in [1.54, 1.807) is 60.7 Å².